The number of anilines is 1. The average molecular weight is 250 g/mol. The van der Waals surface area contributed by atoms with Crippen molar-refractivity contribution in [2.75, 3.05) is 32.7 Å². The molecule has 2 rings (SSSR count). The molecule has 0 aliphatic rings. The van der Waals surface area contributed by atoms with E-state index in [1.54, 1.807) is 18.7 Å². The van der Waals surface area contributed by atoms with Gasteiger partial charge >= 0.3 is 0 Å². The van der Waals surface area contributed by atoms with Crippen LogP contribution in [0.4, 0.5) is 5.95 Å². The minimum Gasteiger partial charge on any atom is -0.382 e. The van der Waals surface area contributed by atoms with Crippen molar-refractivity contribution in [3.8, 4) is 0 Å². The summed E-state index contributed by atoms with van der Waals surface area (Å²) in [6.07, 6.45) is 1.88. The second-order valence-corrected chi connectivity index (χ2v) is 4.14. The van der Waals surface area contributed by atoms with Gasteiger partial charge in [0.25, 0.3) is 0 Å². The first-order valence-electron chi connectivity index (χ1n) is 5.81. The van der Waals surface area contributed by atoms with E-state index in [1.165, 1.54) is 0 Å². The molecule has 1 unspecified atom stereocenters. The highest BCUT2D eigenvalue weighted by Gasteiger charge is 2.09. The molecule has 98 valence electrons. The van der Waals surface area contributed by atoms with Crippen molar-refractivity contribution < 1.29 is 9.47 Å². The predicted octanol–water partition coefficient (Wildman–Crippen LogP) is 1.11. The maximum absolute atomic E-state index is 5.26. The smallest absolute Gasteiger partial charge is 0.243 e. The highest BCUT2D eigenvalue weighted by Crippen LogP contribution is 2.07. The largest absolute Gasteiger partial charge is 0.382 e. The van der Waals surface area contributed by atoms with E-state index < -0.39 is 0 Å². The van der Waals surface area contributed by atoms with E-state index in [0.29, 0.717) is 19.1 Å². The van der Waals surface area contributed by atoms with Crippen molar-refractivity contribution >= 4 is 11.6 Å². The van der Waals surface area contributed by atoms with Crippen molar-refractivity contribution in [3.05, 3.63) is 23.9 Å². The second kappa shape index (κ2) is 5.79. The van der Waals surface area contributed by atoms with Crippen molar-refractivity contribution in [1.29, 1.82) is 0 Å². The molecule has 0 saturated heterocycles. The Labute approximate surface area is 106 Å². The van der Waals surface area contributed by atoms with Gasteiger partial charge in [-0.3, -0.25) is 0 Å². The number of aromatic nitrogens is 3. The Balaban J connectivity index is 2.03. The van der Waals surface area contributed by atoms with Gasteiger partial charge in [-0.25, -0.2) is 4.52 Å². The predicted molar refractivity (Wildman–Crippen MR) is 68.9 cm³/mol. The fourth-order valence-electron chi connectivity index (χ4n) is 1.66. The Kier molecular flexibility index (Phi) is 4.11. The van der Waals surface area contributed by atoms with Crippen LogP contribution in [0.5, 0.6) is 0 Å². The monoisotopic (exact) mass is 250 g/mol. The molecular formula is C12H18N4O2. The van der Waals surface area contributed by atoms with E-state index in [1.807, 2.05) is 25.3 Å². The molecule has 6 heteroatoms. The summed E-state index contributed by atoms with van der Waals surface area (Å²) in [7, 11) is 3.31. The summed E-state index contributed by atoms with van der Waals surface area (Å²) in [5.41, 5.74) is 1.99. The number of nitrogens with zero attached hydrogens (tertiary/aromatic N) is 3. The highest BCUT2D eigenvalue weighted by molar-refractivity contribution is 5.45. The number of fused-ring (bicyclic) bond motifs is 1. The molecule has 0 fully saturated rings. The van der Waals surface area contributed by atoms with Gasteiger partial charge in [0.05, 0.1) is 12.7 Å². The van der Waals surface area contributed by atoms with Gasteiger partial charge < -0.3 is 14.8 Å². The summed E-state index contributed by atoms with van der Waals surface area (Å²) in [5, 5.41) is 7.46. The third-order valence-corrected chi connectivity index (χ3v) is 2.67. The van der Waals surface area contributed by atoms with Crippen LogP contribution in [0.15, 0.2) is 18.3 Å². The third kappa shape index (κ3) is 2.96. The van der Waals surface area contributed by atoms with Gasteiger partial charge in [0, 0.05) is 27.0 Å². The molecule has 0 aliphatic heterocycles. The number of pyridine rings is 1. The van der Waals surface area contributed by atoms with Crippen LogP contribution in [-0.4, -0.2) is 48.1 Å². The van der Waals surface area contributed by atoms with Gasteiger partial charge in [0.1, 0.15) is 0 Å². The summed E-state index contributed by atoms with van der Waals surface area (Å²) in [5.74, 6) is 0.596. The molecular weight excluding hydrogens is 232 g/mol. The molecule has 0 aliphatic carbocycles. The standard InChI is InChI=1S/C12H18N4O2/c1-9-4-5-16-11(6-9)14-12(15-16)13-7-10(18-3)8-17-2/h4-6,10H,7-8H2,1-3H3,(H,13,15). The molecule has 6 nitrogen and oxygen atoms in total. The van der Waals surface area contributed by atoms with E-state index in [0.717, 1.165) is 11.2 Å². The highest BCUT2D eigenvalue weighted by atomic mass is 16.5. The zero-order valence-electron chi connectivity index (χ0n) is 10.9. The number of methoxy groups -OCH3 is 2. The molecule has 0 bridgehead atoms. The zero-order chi connectivity index (χ0) is 13.0. The number of hydrogen-bond donors (Lipinski definition) is 1. The van der Waals surface area contributed by atoms with E-state index in [4.69, 9.17) is 9.47 Å². The van der Waals surface area contributed by atoms with Crippen molar-refractivity contribution in [2.24, 2.45) is 0 Å². The van der Waals surface area contributed by atoms with Gasteiger partial charge in [-0.15, -0.1) is 5.10 Å². The summed E-state index contributed by atoms with van der Waals surface area (Å²) < 4.78 is 12.0. The van der Waals surface area contributed by atoms with Gasteiger partial charge in [0.15, 0.2) is 5.65 Å². The van der Waals surface area contributed by atoms with E-state index in [9.17, 15) is 0 Å². The SMILES string of the molecule is COCC(CNc1nc2cc(C)ccn2n1)OC. The maximum atomic E-state index is 5.26. The lowest BCUT2D eigenvalue weighted by molar-refractivity contribution is 0.0365. The summed E-state index contributed by atoms with van der Waals surface area (Å²) in [4.78, 5) is 4.38. The van der Waals surface area contributed by atoms with E-state index in [2.05, 4.69) is 15.4 Å². The summed E-state index contributed by atoms with van der Waals surface area (Å²) >= 11 is 0. The molecule has 2 heterocycles. The van der Waals surface area contributed by atoms with Crippen molar-refractivity contribution in [1.82, 2.24) is 14.6 Å². The topological polar surface area (TPSA) is 60.7 Å². The van der Waals surface area contributed by atoms with Crippen molar-refractivity contribution in [2.45, 2.75) is 13.0 Å². The minimum atomic E-state index is -0.0108. The molecule has 0 saturated carbocycles. The van der Waals surface area contributed by atoms with Crippen LogP contribution in [0.2, 0.25) is 0 Å². The quantitative estimate of drug-likeness (QED) is 0.832. The number of nitrogens with one attached hydrogen (secondary N) is 1. The van der Waals surface area contributed by atoms with Crippen molar-refractivity contribution in [3.63, 3.8) is 0 Å². The molecule has 0 aromatic carbocycles. The Hall–Kier alpha value is -1.66. The van der Waals surface area contributed by atoms with Gasteiger partial charge in [0.2, 0.25) is 5.95 Å². The van der Waals surface area contributed by atoms with Crippen LogP contribution in [-0.2, 0) is 9.47 Å². The first kappa shape index (κ1) is 12.8. The Bertz CT molecular complexity index is 512. The third-order valence-electron chi connectivity index (χ3n) is 2.67. The number of aryl methyl sites for hydroxylation is 1. The van der Waals surface area contributed by atoms with E-state index in [-0.39, 0.29) is 6.10 Å². The molecule has 2 aromatic heterocycles. The Morgan fingerprint density at radius 1 is 1.44 bits per heavy atom. The number of rotatable bonds is 6. The number of hydrogen-bond acceptors (Lipinski definition) is 5. The van der Waals surface area contributed by atoms with Crippen LogP contribution in [0.1, 0.15) is 5.56 Å². The van der Waals surface area contributed by atoms with Gasteiger partial charge in [-0.05, 0) is 24.6 Å². The first-order chi connectivity index (χ1) is 8.72. The average Bonchev–Trinajstić information content (AvgIpc) is 2.76. The molecule has 0 spiro atoms. The fourth-order valence-corrected chi connectivity index (χ4v) is 1.66. The molecule has 2 aromatic rings. The molecule has 1 atom stereocenters. The second-order valence-electron chi connectivity index (χ2n) is 4.14. The summed E-state index contributed by atoms with van der Waals surface area (Å²) in [6.45, 7) is 3.18. The number of ether oxygens (including phenoxy) is 2. The van der Waals surface area contributed by atoms with Crippen LogP contribution in [0, 0.1) is 6.92 Å². The van der Waals surface area contributed by atoms with E-state index >= 15 is 0 Å². The maximum Gasteiger partial charge on any atom is 0.243 e. The zero-order valence-corrected chi connectivity index (χ0v) is 10.9. The first-order valence-corrected chi connectivity index (χ1v) is 5.81. The van der Waals surface area contributed by atoms with Gasteiger partial charge in [-0.1, -0.05) is 0 Å². The summed E-state index contributed by atoms with van der Waals surface area (Å²) in [6, 6.07) is 3.98. The fraction of sp³-hybridized carbons (Fsp3) is 0.500. The van der Waals surface area contributed by atoms with Crippen LogP contribution < -0.4 is 5.32 Å². The van der Waals surface area contributed by atoms with Crippen LogP contribution in [0.25, 0.3) is 5.65 Å². The van der Waals surface area contributed by atoms with Crippen LogP contribution >= 0.6 is 0 Å². The lowest BCUT2D eigenvalue weighted by Crippen LogP contribution is -2.26. The lowest BCUT2D eigenvalue weighted by atomic mass is 10.3. The van der Waals surface area contributed by atoms with Crippen LogP contribution in [0.3, 0.4) is 0 Å². The molecule has 0 amide bonds. The lowest BCUT2D eigenvalue weighted by Gasteiger charge is -2.13. The minimum absolute atomic E-state index is 0.0108. The molecule has 0 radical (unpaired) electrons. The Morgan fingerprint density at radius 3 is 3.00 bits per heavy atom. The molecule has 1 N–H and O–H groups in total. The van der Waals surface area contributed by atoms with Gasteiger partial charge in [-0.2, -0.15) is 4.98 Å². The Morgan fingerprint density at radius 2 is 2.28 bits per heavy atom. The normalized spacial score (nSPS) is 12.8. The molecule has 18 heavy (non-hydrogen) atoms.